The number of ether oxygens (including phenoxy) is 1. The molecule has 3 aromatic heterocycles. The molecule has 0 radical (unpaired) electrons. The highest BCUT2D eigenvalue weighted by molar-refractivity contribution is 7.15. The molecular formula is C33H23N5O2S. The molecule has 0 spiro atoms. The van der Waals surface area contributed by atoms with Gasteiger partial charge in [-0.3, -0.25) is 4.79 Å². The zero-order valence-electron chi connectivity index (χ0n) is 21.8. The lowest BCUT2D eigenvalue weighted by Gasteiger charge is -2.08. The van der Waals surface area contributed by atoms with Crippen molar-refractivity contribution in [1.82, 2.24) is 24.4 Å². The molecule has 0 atom stereocenters. The van der Waals surface area contributed by atoms with Gasteiger partial charge >= 0.3 is 0 Å². The van der Waals surface area contributed by atoms with Crippen LogP contribution in [-0.2, 0) is 6.61 Å². The fourth-order valence-electron chi connectivity index (χ4n) is 4.61. The zero-order chi connectivity index (χ0) is 27.6. The van der Waals surface area contributed by atoms with E-state index in [1.54, 1.807) is 0 Å². The first-order chi connectivity index (χ1) is 20.2. The Morgan fingerprint density at radius 2 is 1.41 bits per heavy atom. The molecule has 0 fully saturated rings. The molecule has 198 valence electrons. The van der Waals surface area contributed by atoms with Crippen LogP contribution in [0.1, 0.15) is 11.4 Å². The minimum atomic E-state index is -0.196. The van der Waals surface area contributed by atoms with E-state index >= 15 is 0 Å². The summed E-state index contributed by atoms with van der Waals surface area (Å²) in [6.45, 7) is 0.197. The third kappa shape index (κ3) is 5.04. The van der Waals surface area contributed by atoms with Gasteiger partial charge in [0.1, 0.15) is 12.4 Å². The van der Waals surface area contributed by atoms with Crippen molar-refractivity contribution >= 4 is 22.4 Å². The van der Waals surface area contributed by atoms with Gasteiger partial charge in [0.05, 0.1) is 21.6 Å². The van der Waals surface area contributed by atoms with E-state index in [0.29, 0.717) is 15.3 Å². The lowest BCUT2D eigenvalue weighted by Crippen LogP contribution is -2.23. The zero-order valence-corrected chi connectivity index (χ0v) is 22.6. The molecule has 41 heavy (non-hydrogen) atoms. The predicted octanol–water partition coefficient (Wildman–Crippen LogP) is 5.80. The Bertz CT molecular complexity index is 2050. The highest BCUT2D eigenvalue weighted by atomic mass is 32.1. The van der Waals surface area contributed by atoms with Gasteiger partial charge in [-0.05, 0) is 42.0 Å². The van der Waals surface area contributed by atoms with Gasteiger partial charge in [0.15, 0.2) is 5.82 Å². The molecule has 0 N–H and O–H groups in total. The molecule has 0 aliphatic carbocycles. The van der Waals surface area contributed by atoms with Gasteiger partial charge < -0.3 is 4.74 Å². The van der Waals surface area contributed by atoms with Crippen molar-refractivity contribution in [2.75, 3.05) is 0 Å². The van der Waals surface area contributed by atoms with E-state index in [-0.39, 0.29) is 12.2 Å². The fourth-order valence-corrected chi connectivity index (χ4v) is 5.53. The maximum Gasteiger partial charge on any atom is 0.291 e. The molecule has 7 rings (SSSR count). The van der Waals surface area contributed by atoms with Crippen molar-refractivity contribution in [3.63, 3.8) is 0 Å². The van der Waals surface area contributed by atoms with Gasteiger partial charge in [-0.25, -0.2) is 4.68 Å². The van der Waals surface area contributed by atoms with Crippen molar-refractivity contribution < 1.29 is 4.74 Å². The number of fused-ring (bicyclic) bond motifs is 1. The van der Waals surface area contributed by atoms with E-state index < -0.39 is 0 Å². The molecule has 0 amide bonds. The van der Waals surface area contributed by atoms with Gasteiger partial charge in [0, 0.05) is 11.1 Å². The second kappa shape index (κ2) is 10.7. The first-order valence-corrected chi connectivity index (χ1v) is 13.9. The maximum atomic E-state index is 13.0. The van der Waals surface area contributed by atoms with Crippen molar-refractivity contribution in [1.29, 1.82) is 0 Å². The number of nitrogens with zero attached hydrogens (tertiary/aromatic N) is 5. The molecule has 0 aliphatic rings. The Morgan fingerprint density at radius 3 is 2.10 bits per heavy atom. The second-order valence-corrected chi connectivity index (χ2v) is 10.4. The van der Waals surface area contributed by atoms with E-state index in [2.05, 4.69) is 40.4 Å². The molecule has 3 heterocycles. The third-order valence-corrected chi connectivity index (χ3v) is 7.58. The average molecular weight is 554 g/mol. The quantitative estimate of drug-likeness (QED) is 0.250. The molecule has 0 aliphatic heterocycles. The molecule has 0 saturated heterocycles. The summed E-state index contributed by atoms with van der Waals surface area (Å²) < 4.78 is 9.59. The van der Waals surface area contributed by atoms with Crippen LogP contribution in [0, 0.1) is 0 Å². The Labute approximate surface area is 239 Å². The Kier molecular flexibility index (Phi) is 6.42. The third-order valence-electron chi connectivity index (χ3n) is 6.62. The van der Waals surface area contributed by atoms with Crippen LogP contribution in [0.25, 0.3) is 39.2 Å². The number of rotatable bonds is 7. The fraction of sp³-hybridized carbons (Fsp3) is 0.0303. The van der Waals surface area contributed by atoms with E-state index in [1.807, 2.05) is 102 Å². The minimum Gasteiger partial charge on any atom is -0.486 e. The molecule has 0 bridgehead atoms. The van der Waals surface area contributed by atoms with E-state index in [1.165, 1.54) is 15.9 Å². The summed E-state index contributed by atoms with van der Waals surface area (Å²) in [4.78, 5) is 18.1. The first kappa shape index (κ1) is 24.7. The monoisotopic (exact) mass is 553 g/mol. The van der Waals surface area contributed by atoms with Gasteiger partial charge in [0.25, 0.3) is 5.56 Å². The van der Waals surface area contributed by atoms with Gasteiger partial charge in [-0.2, -0.15) is 14.6 Å². The largest absolute Gasteiger partial charge is 0.486 e. The van der Waals surface area contributed by atoms with Crippen LogP contribution in [0.4, 0.5) is 0 Å². The van der Waals surface area contributed by atoms with Gasteiger partial charge in [-0.1, -0.05) is 102 Å². The summed E-state index contributed by atoms with van der Waals surface area (Å²) in [6, 6.07) is 40.0. The minimum absolute atomic E-state index is 0.196. The molecule has 7 nitrogen and oxygen atoms in total. The summed E-state index contributed by atoms with van der Waals surface area (Å²) in [5.74, 6) is 1.20. The van der Waals surface area contributed by atoms with Crippen LogP contribution in [0.3, 0.4) is 0 Å². The van der Waals surface area contributed by atoms with Crippen molar-refractivity contribution in [3.8, 4) is 34.0 Å². The van der Waals surface area contributed by atoms with E-state index in [9.17, 15) is 4.79 Å². The summed E-state index contributed by atoms with van der Waals surface area (Å²) >= 11 is 1.31. The maximum absolute atomic E-state index is 13.0. The standard InChI is InChI=1S/C33H23N5O2S/c39-32-30(41-33-34-31(36-38(32)33)22-40-27-14-8-3-9-15-27)20-23-16-18-26(19-17-23)37-29(25-12-6-2-7-13-25)21-28(35-37)24-10-4-1-5-11-24/h1-21H,22H2/b30-20-. The normalized spacial score (nSPS) is 11.8. The number of thiazole rings is 1. The lowest BCUT2D eigenvalue weighted by atomic mass is 10.1. The van der Waals surface area contributed by atoms with Crippen LogP contribution >= 0.6 is 11.3 Å². The number of aromatic nitrogens is 5. The van der Waals surface area contributed by atoms with Crippen LogP contribution in [0.5, 0.6) is 5.75 Å². The SMILES string of the molecule is O=c1/c(=C/c2ccc(-n3nc(-c4ccccc4)cc3-c3ccccc3)cc2)sc2nc(COc3ccccc3)nn12. The molecule has 0 unspecified atom stereocenters. The first-order valence-electron chi connectivity index (χ1n) is 13.1. The Balaban J connectivity index is 1.18. The predicted molar refractivity (Wildman–Crippen MR) is 161 cm³/mol. The highest BCUT2D eigenvalue weighted by Crippen LogP contribution is 2.28. The summed E-state index contributed by atoms with van der Waals surface area (Å²) in [6.07, 6.45) is 1.86. The summed E-state index contributed by atoms with van der Waals surface area (Å²) in [7, 11) is 0. The molecular weight excluding hydrogens is 530 g/mol. The van der Waals surface area contributed by atoms with Gasteiger partial charge in [-0.15, -0.1) is 5.10 Å². The number of benzene rings is 4. The smallest absolute Gasteiger partial charge is 0.291 e. The average Bonchev–Trinajstić information content (AvgIpc) is 3.73. The van der Waals surface area contributed by atoms with Crippen LogP contribution in [-0.4, -0.2) is 24.4 Å². The van der Waals surface area contributed by atoms with Crippen LogP contribution in [0.15, 0.2) is 126 Å². The molecule has 0 saturated carbocycles. The second-order valence-electron chi connectivity index (χ2n) is 9.39. The summed E-state index contributed by atoms with van der Waals surface area (Å²) in [5, 5.41) is 9.30. The summed E-state index contributed by atoms with van der Waals surface area (Å²) in [5.41, 5.74) is 5.67. The molecule has 8 heteroatoms. The van der Waals surface area contributed by atoms with Crippen LogP contribution in [0.2, 0.25) is 0 Å². The van der Waals surface area contributed by atoms with Crippen molar-refractivity contribution in [3.05, 3.63) is 148 Å². The van der Waals surface area contributed by atoms with Crippen LogP contribution < -0.4 is 14.8 Å². The number of hydrogen-bond donors (Lipinski definition) is 0. The molecule has 4 aromatic carbocycles. The number of hydrogen-bond acceptors (Lipinski definition) is 6. The van der Waals surface area contributed by atoms with Crippen molar-refractivity contribution in [2.45, 2.75) is 6.61 Å². The highest BCUT2D eigenvalue weighted by Gasteiger charge is 2.14. The Hall–Kier alpha value is -5.34. The van der Waals surface area contributed by atoms with E-state index in [0.717, 1.165) is 39.5 Å². The molecule has 7 aromatic rings. The Morgan fingerprint density at radius 1 is 0.756 bits per heavy atom. The van der Waals surface area contributed by atoms with E-state index in [4.69, 9.17) is 9.84 Å². The topological polar surface area (TPSA) is 74.3 Å². The van der Waals surface area contributed by atoms with Crippen molar-refractivity contribution in [2.24, 2.45) is 0 Å². The lowest BCUT2D eigenvalue weighted by molar-refractivity contribution is 0.296. The number of para-hydroxylation sites is 1. The van der Waals surface area contributed by atoms with Gasteiger partial charge in [0.2, 0.25) is 4.96 Å².